The summed E-state index contributed by atoms with van der Waals surface area (Å²) in [6.45, 7) is 13.1. The van der Waals surface area contributed by atoms with E-state index in [2.05, 4.69) is 40.7 Å². The molecule has 0 aliphatic heterocycles. The van der Waals surface area contributed by atoms with E-state index in [-0.39, 0.29) is 18.3 Å². The Hall–Kier alpha value is -0.380. The monoisotopic (exact) mass is 424 g/mol. The van der Waals surface area contributed by atoms with Crippen LogP contribution in [0.25, 0.3) is 0 Å². The third kappa shape index (κ3) is 10.8. The van der Waals surface area contributed by atoms with Gasteiger partial charge in [0, 0.05) is 0 Å². The molecule has 0 radical (unpaired) electrons. The number of aliphatic hydroxyl groups excluding tert-OH is 3. The SMILES string of the molecule is CCC(CCC(C)O)CC(O)C(C)CCC[C@@H](CC(O)C1=CCC(C)CC1)C(C)C. The summed E-state index contributed by atoms with van der Waals surface area (Å²) in [5.74, 6) is 2.69. The Morgan fingerprint density at radius 1 is 0.967 bits per heavy atom. The molecule has 1 aliphatic carbocycles. The van der Waals surface area contributed by atoms with E-state index in [4.69, 9.17) is 0 Å². The van der Waals surface area contributed by atoms with E-state index >= 15 is 0 Å². The Balaban J connectivity index is 2.41. The molecule has 0 heterocycles. The summed E-state index contributed by atoms with van der Waals surface area (Å²) in [6.07, 6.45) is 12.8. The maximum Gasteiger partial charge on any atom is 0.0752 e. The molecule has 30 heavy (non-hydrogen) atoms. The molecule has 0 bridgehead atoms. The van der Waals surface area contributed by atoms with Crippen LogP contribution in [-0.4, -0.2) is 33.6 Å². The Morgan fingerprint density at radius 3 is 2.20 bits per heavy atom. The number of rotatable bonds is 15. The van der Waals surface area contributed by atoms with Gasteiger partial charge in [-0.05, 0) is 93.5 Å². The molecule has 178 valence electrons. The first-order valence-electron chi connectivity index (χ1n) is 12.9. The van der Waals surface area contributed by atoms with E-state index in [0.717, 1.165) is 70.1 Å². The molecule has 0 spiro atoms. The van der Waals surface area contributed by atoms with Crippen molar-refractivity contribution in [3.8, 4) is 0 Å². The molecule has 6 unspecified atom stereocenters. The zero-order chi connectivity index (χ0) is 22.7. The van der Waals surface area contributed by atoms with Gasteiger partial charge >= 0.3 is 0 Å². The summed E-state index contributed by atoms with van der Waals surface area (Å²) in [5.41, 5.74) is 1.27. The summed E-state index contributed by atoms with van der Waals surface area (Å²) in [4.78, 5) is 0. The summed E-state index contributed by atoms with van der Waals surface area (Å²) in [5, 5.41) is 31.0. The minimum Gasteiger partial charge on any atom is -0.393 e. The highest BCUT2D eigenvalue weighted by molar-refractivity contribution is 5.11. The average molecular weight is 425 g/mol. The van der Waals surface area contributed by atoms with Gasteiger partial charge in [-0.2, -0.15) is 0 Å². The molecule has 7 atom stereocenters. The number of hydrogen-bond acceptors (Lipinski definition) is 3. The summed E-state index contributed by atoms with van der Waals surface area (Å²) < 4.78 is 0. The van der Waals surface area contributed by atoms with Gasteiger partial charge in [-0.3, -0.25) is 0 Å². The van der Waals surface area contributed by atoms with E-state index in [1.54, 1.807) is 0 Å². The van der Waals surface area contributed by atoms with Gasteiger partial charge < -0.3 is 15.3 Å². The predicted molar refractivity (Wildman–Crippen MR) is 128 cm³/mol. The molecule has 3 nitrogen and oxygen atoms in total. The van der Waals surface area contributed by atoms with Crippen molar-refractivity contribution in [3.63, 3.8) is 0 Å². The van der Waals surface area contributed by atoms with E-state index in [9.17, 15) is 15.3 Å². The highest BCUT2D eigenvalue weighted by Crippen LogP contribution is 2.32. The maximum absolute atomic E-state index is 10.8. The molecule has 1 rings (SSSR count). The van der Waals surface area contributed by atoms with E-state index < -0.39 is 0 Å². The lowest BCUT2D eigenvalue weighted by molar-refractivity contribution is 0.0754. The van der Waals surface area contributed by atoms with E-state index in [1.807, 2.05) is 6.92 Å². The lowest BCUT2D eigenvalue weighted by Gasteiger charge is -2.28. The zero-order valence-electron chi connectivity index (χ0n) is 20.8. The maximum atomic E-state index is 10.8. The van der Waals surface area contributed by atoms with Gasteiger partial charge in [0.2, 0.25) is 0 Å². The van der Waals surface area contributed by atoms with Gasteiger partial charge in [-0.25, -0.2) is 0 Å². The number of hydrogen-bond donors (Lipinski definition) is 3. The highest BCUT2D eigenvalue weighted by Gasteiger charge is 2.24. The second-order valence-corrected chi connectivity index (χ2v) is 10.8. The third-order valence-electron chi connectivity index (χ3n) is 7.64. The lowest BCUT2D eigenvalue weighted by Crippen LogP contribution is -2.23. The molecule has 0 fully saturated rings. The molecule has 0 saturated carbocycles. The van der Waals surface area contributed by atoms with Crippen LogP contribution in [0.3, 0.4) is 0 Å². The van der Waals surface area contributed by atoms with Crippen molar-refractivity contribution >= 4 is 0 Å². The van der Waals surface area contributed by atoms with Crippen LogP contribution in [-0.2, 0) is 0 Å². The topological polar surface area (TPSA) is 60.7 Å². The van der Waals surface area contributed by atoms with E-state index in [1.165, 1.54) is 12.0 Å². The number of aliphatic hydroxyl groups is 3. The largest absolute Gasteiger partial charge is 0.393 e. The molecule has 1 aliphatic rings. The van der Waals surface area contributed by atoms with Crippen molar-refractivity contribution in [2.45, 2.75) is 130 Å². The normalized spacial score (nSPS) is 23.5. The predicted octanol–water partition coefficient (Wildman–Crippen LogP) is 6.50. The van der Waals surface area contributed by atoms with Gasteiger partial charge in [0.15, 0.2) is 0 Å². The van der Waals surface area contributed by atoms with Gasteiger partial charge in [0.05, 0.1) is 18.3 Å². The first-order chi connectivity index (χ1) is 14.1. The van der Waals surface area contributed by atoms with Crippen molar-refractivity contribution in [2.75, 3.05) is 0 Å². The van der Waals surface area contributed by atoms with Crippen molar-refractivity contribution in [3.05, 3.63) is 11.6 Å². The first-order valence-corrected chi connectivity index (χ1v) is 12.9. The van der Waals surface area contributed by atoms with Crippen molar-refractivity contribution in [1.29, 1.82) is 0 Å². The van der Waals surface area contributed by atoms with Crippen LogP contribution in [0.2, 0.25) is 0 Å². The Morgan fingerprint density at radius 2 is 1.67 bits per heavy atom. The van der Waals surface area contributed by atoms with Crippen molar-refractivity contribution in [2.24, 2.45) is 29.6 Å². The molecule has 3 heteroatoms. The standard InChI is InChI=1S/C27H52O3/c1-7-23(14-13-22(6)28)17-26(29)21(5)9-8-10-25(19(2)3)18-27(30)24-15-11-20(4)12-16-24/h15,19-23,25-30H,7-14,16-18H2,1-6H3/t20?,21?,22?,23?,25-,26?,27?/m0/s1. The molecule has 0 aromatic carbocycles. The van der Waals surface area contributed by atoms with Crippen LogP contribution >= 0.6 is 0 Å². The minimum atomic E-state index is -0.271. The highest BCUT2D eigenvalue weighted by atomic mass is 16.3. The van der Waals surface area contributed by atoms with Crippen LogP contribution in [0.5, 0.6) is 0 Å². The summed E-state index contributed by atoms with van der Waals surface area (Å²) in [6, 6.07) is 0. The molecule has 0 aromatic heterocycles. The molecular formula is C27H52O3. The molecule has 3 N–H and O–H groups in total. The second kappa shape index (κ2) is 14.6. The fourth-order valence-corrected chi connectivity index (χ4v) is 4.88. The summed E-state index contributed by atoms with van der Waals surface area (Å²) in [7, 11) is 0. The van der Waals surface area contributed by atoms with Crippen LogP contribution < -0.4 is 0 Å². The number of allylic oxidation sites excluding steroid dienone is 1. The molecule has 0 amide bonds. The smallest absolute Gasteiger partial charge is 0.0752 e. The van der Waals surface area contributed by atoms with Crippen LogP contribution in [0.4, 0.5) is 0 Å². The fraction of sp³-hybridized carbons (Fsp3) is 0.926. The van der Waals surface area contributed by atoms with Gasteiger partial charge in [0.1, 0.15) is 0 Å². The van der Waals surface area contributed by atoms with E-state index in [0.29, 0.717) is 23.7 Å². The van der Waals surface area contributed by atoms with Crippen LogP contribution in [0, 0.1) is 29.6 Å². The summed E-state index contributed by atoms with van der Waals surface area (Å²) >= 11 is 0. The Labute approximate surface area is 187 Å². The van der Waals surface area contributed by atoms with Crippen molar-refractivity contribution < 1.29 is 15.3 Å². The zero-order valence-corrected chi connectivity index (χ0v) is 20.8. The van der Waals surface area contributed by atoms with Gasteiger partial charge in [-0.15, -0.1) is 0 Å². The molecule has 0 saturated heterocycles. The lowest BCUT2D eigenvalue weighted by atomic mass is 9.80. The molecule has 0 aromatic rings. The Kier molecular flexibility index (Phi) is 13.5. The minimum absolute atomic E-state index is 0.246. The van der Waals surface area contributed by atoms with Crippen LogP contribution in [0.1, 0.15) is 112 Å². The van der Waals surface area contributed by atoms with Gasteiger partial charge in [0.25, 0.3) is 0 Å². The quantitative estimate of drug-likeness (QED) is 0.263. The molecular weight excluding hydrogens is 372 g/mol. The van der Waals surface area contributed by atoms with Gasteiger partial charge in [-0.1, -0.05) is 60.0 Å². The third-order valence-corrected chi connectivity index (χ3v) is 7.64. The Bertz CT molecular complexity index is 471. The van der Waals surface area contributed by atoms with Crippen molar-refractivity contribution in [1.82, 2.24) is 0 Å². The second-order valence-electron chi connectivity index (χ2n) is 10.8. The van der Waals surface area contributed by atoms with Crippen LogP contribution in [0.15, 0.2) is 11.6 Å². The average Bonchev–Trinajstić information content (AvgIpc) is 2.70. The fourth-order valence-electron chi connectivity index (χ4n) is 4.88. The first kappa shape index (κ1) is 27.7.